The van der Waals surface area contributed by atoms with Crippen LogP contribution >= 0.6 is 0 Å². The summed E-state index contributed by atoms with van der Waals surface area (Å²) in [5.41, 5.74) is 2.87. The molecule has 0 heterocycles. The monoisotopic (exact) mass is 280 g/mol. The average molecular weight is 280 g/mol. The molecular formula is C20H24O. The Morgan fingerprint density at radius 1 is 0.857 bits per heavy atom. The molecule has 1 fully saturated rings. The van der Waals surface area contributed by atoms with Gasteiger partial charge in [0.1, 0.15) is 5.75 Å². The maximum Gasteiger partial charge on any atom is 0.122 e. The molecule has 0 aliphatic heterocycles. The summed E-state index contributed by atoms with van der Waals surface area (Å²) in [4.78, 5) is 0. The zero-order chi connectivity index (χ0) is 14.7. The van der Waals surface area contributed by atoms with Gasteiger partial charge in [-0.2, -0.15) is 0 Å². The standard InChI is InChI=1S/C20H24O/c1-15-17(16-9-4-3-5-10-16)12-8-13-18(15)19-11-6-7-14-20(19)21-2/h3-7,9-11,14-15,17-18H,8,12-13H2,1-2H3. The van der Waals surface area contributed by atoms with E-state index >= 15 is 0 Å². The maximum absolute atomic E-state index is 5.59. The van der Waals surface area contributed by atoms with Crippen molar-refractivity contribution in [1.29, 1.82) is 0 Å². The van der Waals surface area contributed by atoms with Gasteiger partial charge in [0.15, 0.2) is 0 Å². The van der Waals surface area contributed by atoms with E-state index in [2.05, 4.69) is 61.5 Å². The Bertz CT molecular complexity index is 575. The van der Waals surface area contributed by atoms with Crippen molar-refractivity contribution in [2.45, 2.75) is 38.0 Å². The van der Waals surface area contributed by atoms with Crippen molar-refractivity contribution >= 4 is 0 Å². The normalized spacial score (nSPS) is 25.5. The van der Waals surface area contributed by atoms with E-state index < -0.39 is 0 Å². The van der Waals surface area contributed by atoms with Gasteiger partial charge in [0.2, 0.25) is 0 Å². The Hall–Kier alpha value is -1.76. The summed E-state index contributed by atoms with van der Waals surface area (Å²) in [6.07, 6.45) is 3.87. The second kappa shape index (κ2) is 6.34. The van der Waals surface area contributed by atoms with Crippen LogP contribution < -0.4 is 4.74 Å². The molecule has 0 amide bonds. The topological polar surface area (TPSA) is 9.23 Å². The predicted octanol–water partition coefficient (Wildman–Crippen LogP) is 5.38. The average Bonchev–Trinajstić information content (AvgIpc) is 2.56. The molecular weight excluding hydrogens is 256 g/mol. The quantitative estimate of drug-likeness (QED) is 0.733. The van der Waals surface area contributed by atoms with Gasteiger partial charge in [0.05, 0.1) is 7.11 Å². The highest BCUT2D eigenvalue weighted by Crippen LogP contribution is 2.47. The number of hydrogen-bond donors (Lipinski definition) is 0. The molecule has 110 valence electrons. The summed E-state index contributed by atoms with van der Waals surface area (Å²) in [5, 5.41) is 0. The number of methoxy groups -OCH3 is 1. The van der Waals surface area contributed by atoms with Crippen molar-refractivity contribution in [2.75, 3.05) is 7.11 Å². The first kappa shape index (κ1) is 14.2. The first-order valence-electron chi connectivity index (χ1n) is 7.99. The van der Waals surface area contributed by atoms with Crippen LogP contribution in [0.1, 0.15) is 49.1 Å². The molecule has 2 aromatic carbocycles. The molecule has 3 atom stereocenters. The Morgan fingerprint density at radius 2 is 1.52 bits per heavy atom. The van der Waals surface area contributed by atoms with E-state index in [0.717, 1.165) is 5.75 Å². The van der Waals surface area contributed by atoms with Gasteiger partial charge in [-0.25, -0.2) is 0 Å². The highest BCUT2D eigenvalue weighted by molar-refractivity contribution is 5.38. The van der Waals surface area contributed by atoms with Crippen LogP contribution in [0.5, 0.6) is 5.75 Å². The predicted molar refractivity (Wildman–Crippen MR) is 87.9 cm³/mol. The minimum Gasteiger partial charge on any atom is -0.496 e. The third-order valence-corrected chi connectivity index (χ3v) is 5.07. The summed E-state index contributed by atoms with van der Waals surface area (Å²) in [7, 11) is 1.78. The zero-order valence-electron chi connectivity index (χ0n) is 13.0. The minimum atomic E-state index is 0.597. The molecule has 0 aromatic heterocycles. The van der Waals surface area contributed by atoms with Crippen LogP contribution in [0.4, 0.5) is 0 Å². The van der Waals surface area contributed by atoms with Crippen molar-refractivity contribution in [3.63, 3.8) is 0 Å². The van der Waals surface area contributed by atoms with Crippen molar-refractivity contribution in [3.05, 3.63) is 65.7 Å². The van der Waals surface area contributed by atoms with E-state index in [4.69, 9.17) is 4.74 Å². The van der Waals surface area contributed by atoms with Gasteiger partial charge < -0.3 is 4.74 Å². The summed E-state index contributed by atoms with van der Waals surface area (Å²) in [6, 6.07) is 19.5. The van der Waals surface area contributed by atoms with E-state index in [1.165, 1.54) is 30.4 Å². The van der Waals surface area contributed by atoms with E-state index in [1.807, 2.05) is 0 Å². The molecule has 1 saturated carbocycles. The van der Waals surface area contributed by atoms with Crippen LogP contribution in [0.3, 0.4) is 0 Å². The molecule has 1 heteroatoms. The minimum absolute atomic E-state index is 0.597. The van der Waals surface area contributed by atoms with Crippen LogP contribution in [-0.4, -0.2) is 7.11 Å². The molecule has 3 rings (SSSR count). The largest absolute Gasteiger partial charge is 0.496 e. The first-order chi connectivity index (χ1) is 10.3. The van der Waals surface area contributed by atoms with E-state index in [0.29, 0.717) is 17.8 Å². The number of benzene rings is 2. The molecule has 0 spiro atoms. The fourth-order valence-corrected chi connectivity index (χ4v) is 3.95. The number of hydrogen-bond acceptors (Lipinski definition) is 1. The van der Waals surface area contributed by atoms with E-state index in [1.54, 1.807) is 7.11 Å². The molecule has 0 radical (unpaired) electrons. The van der Waals surface area contributed by atoms with E-state index in [-0.39, 0.29) is 0 Å². The Morgan fingerprint density at radius 3 is 2.29 bits per heavy atom. The molecule has 0 bridgehead atoms. The highest BCUT2D eigenvalue weighted by Gasteiger charge is 2.33. The van der Waals surface area contributed by atoms with Crippen LogP contribution in [-0.2, 0) is 0 Å². The smallest absolute Gasteiger partial charge is 0.122 e. The maximum atomic E-state index is 5.59. The first-order valence-corrected chi connectivity index (χ1v) is 7.99. The van der Waals surface area contributed by atoms with Gasteiger partial charge in [0.25, 0.3) is 0 Å². The SMILES string of the molecule is COc1ccccc1C1CCCC(c2ccccc2)C1C. The highest BCUT2D eigenvalue weighted by atomic mass is 16.5. The number of ether oxygens (including phenoxy) is 1. The fourth-order valence-electron chi connectivity index (χ4n) is 3.95. The van der Waals surface area contributed by atoms with Crippen LogP contribution in [0.25, 0.3) is 0 Å². The second-order valence-electron chi connectivity index (χ2n) is 6.16. The van der Waals surface area contributed by atoms with Gasteiger partial charge in [-0.05, 0) is 47.8 Å². The lowest BCUT2D eigenvalue weighted by atomic mass is 9.68. The molecule has 1 aliphatic rings. The number of rotatable bonds is 3. The van der Waals surface area contributed by atoms with Crippen LogP contribution in [0.15, 0.2) is 54.6 Å². The molecule has 21 heavy (non-hydrogen) atoms. The van der Waals surface area contributed by atoms with E-state index in [9.17, 15) is 0 Å². The summed E-state index contributed by atoms with van der Waals surface area (Å²) >= 11 is 0. The molecule has 0 saturated heterocycles. The lowest BCUT2D eigenvalue weighted by Gasteiger charge is -2.37. The van der Waals surface area contributed by atoms with Crippen LogP contribution in [0.2, 0.25) is 0 Å². The van der Waals surface area contributed by atoms with Gasteiger partial charge >= 0.3 is 0 Å². The van der Waals surface area contributed by atoms with Gasteiger partial charge in [-0.3, -0.25) is 0 Å². The van der Waals surface area contributed by atoms with Crippen molar-refractivity contribution in [1.82, 2.24) is 0 Å². The van der Waals surface area contributed by atoms with Crippen molar-refractivity contribution < 1.29 is 4.74 Å². The lowest BCUT2D eigenvalue weighted by molar-refractivity contribution is 0.278. The lowest BCUT2D eigenvalue weighted by Crippen LogP contribution is -2.23. The van der Waals surface area contributed by atoms with Crippen molar-refractivity contribution in [3.8, 4) is 5.75 Å². The Labute approximate surface area is 128 Å². The van der Waals surface area contributed by atoms with Crippen molar-refractivity contribution in [2.24, 2.45) is 5.92 Å². The summed E-state index contributed by atoms with van der Waals surface area (Å²) in [6.45, 7) is 2.41. The third-order valence-electron chi connectivity index (χ3n) is 5.07. The zero-order valence-corrected chi connectivity index (χ0v) is 13.0. The molecule has 2 aromatic rings. The fraction of sp³-hybridized carbons (Fsp3) is 0.400. The Balaban J connectivity index is 1.90. The molecule has 0 N–H and O–H groups in total. The molecule has 1 aliphatic carbocycles. The Kier molecular flexibility index (Phi) is 4.28. The number of para-hydroxylation sites is 1. The van der Waals surface area contributed by atoms with Gasteiger partial charge in [-0.15, -0.1) is 0 Å². The van der Waals surface area contributed by atoms with Gasteiger partial charge in [-0.1, -0.05) is 61.9 Å². The summed E-state index contributed by atoms with van der Waals surface area (Å²) in [5.74, 6) is 2.95. The van der Waals surface area contributed by atoms with Crippen LogP contribution in [0, 0.1) is 5.92 Å². The second-order valence-corrected chi connectivity index (χ2v) is 6.16. The molecule has 1 nitrogen and oxygen atoms in total. The molecule has 3 unspecified atom stereocenters. The summed E-state index contributed by atoms with van der Waals surface area (Å²) < 4.78 is 5.59. The van der Waals surface area contributed by atoms with Gasteiger partial charge in [0, 0.05) is 0 Å². The third kappa shape index (κ3) is 2.83.